The molecule has 4 aromatic rings. The lowest BCUT2D eigenvalue weighted by molar-refractivity contribution is -0.155. The number of nitrogens with zero attached hydrogens (tertiary/aromatic N) is 6. The van der Waals surface area contributed by atoms with Crippen LogP contribution in [0.3, 0.4) is 0 Å². The molecule has 11 rings (SSSR count). The largest absolute Gasteiger partial charge is 0.493 e. The highest BCUT2D eigenvalue weighted by atomic mass is 19.4. The van der Waals surface area contributed by atoms with Crippen molar-refractivity contribution in [2.45, 2.75) is 95.1 Å². The average molecular weight is 837 g/mol. The number of imide groups is 1. The standard InChI is InChI=1S/C46H51F3N8O4/c1-26-16-34-31(5-7-37-35(34)18-51-53-37)41(57(26)25-46(47,48)49)38-6-2-29(17-50-38)55-23-45(24-55)13-10-27(11-14-45)19-54-15-12-30-28(20-54)22-61-42-32(30)3-4-33-36(42)21-56(44(33)60)39-8-9-40(58)52-43(39)59/h2-7,17-18,26-28,30,39,41H,8-16,19-25H2,1H3,(H,51,53)(H,52,58,59)/t26-,28-,30?,39?,41+/m1/s1. The third-order valence-corrected chi connectivity index (χ3v) is 15.3. The van der Waals surface area contributed by atoms with E-state index in [0.717, 1.165) is 78.2 Å². The summed E-state index contributed by atoms with van der Waals surface area (Å²) in [4.78, 5) is 50.7. The van der Waals surface area contributed by atoms with E-state index in [1.54, 1.807) is 16.0 Å². The molecule has 6 aliphatic heterocycles. The van der Waals surface area contributed by atoms with Crippen molar-refractivity contribution in [3.8, 4) is 5.75 Å². The number of amides is 3. The Bertz CT molecular complexity index is 2400. The SMILES string of the molecule is C[C@@H]1Cc2c(ccc3[nH]ncc23)[C@@H](c2ccc(N3CC4(CCC(CN5CCC6c7ccc8c(c7OC[C@H]6C5)CN(C5CCC(=O)NC5=O)C8=O)CC4)C3)cn2)N1CC(F)(F)F. The van der Waals surface area contributed by atoms with Crippen molar-refractivity contribution < 1.29 is 32.3 Å². The third-order valence-electron chi connectivity index (χ3n) is 15.3. The minimum atomic E-state index is -4.33. The van der Waals surface area contributed by atoms with Gasteiger partial charge >= 0.3 is 6.18 Å². The van der Waals surface area contributed by atoms with Crippen LogP contribution in [0.1, 0.15) is 102 Å². The van der Waals surface area contributed by atoms with E-state index in [-0.39, 0.29) is 24.3 Å². The van der Waals surface area contributed by atoms with E-state index in [2.05, 4.69) is 31.4 Å². The van der Waals surface area contributed by atoms with Gasteiger partial charge in [-0.1, -0.05) is 12.1 Å². The van der Waals surface area contributed by atoms with Gasteiger partial charge in [0.05, 0.1) is 55.0 Å². The second-order valence-corrected chi connectivity index (χ2v) is 19.1. The number of hydrogen-bond donors (Lipinski definition) is 2. The first-order valence-electron chi connectivity index (χ1n) is 22.0. The van der Waals surface area contributed by atoms with Gasteiger partial charge in [0.2, 0.25) is 11.8 Å². The van der Waals surface area contributed by atoms with Crippen LogP contribution >= 0.6 is 0 Å². The van der Waals surface area contributed by atoms with Gasteiger partial charge in [-0.2, -0.15) is 18.3 Å². The summed E-state index contributed by atoms with van der Waals surface area (Å²) < 4.78 is 48.2. The van der Waals surface area contributed by atoms with Crippen molar-refractivity contribution in [1.29, 1.82) is 0 Å². The van der Waals surface area contributed by atoms with Crippen LogP contribution in [0.15, 0.2) is 48.8 Å². The second kappa shape index (κ2) is 14.5. The molecule has 15 heteroatoms. The van der Waals surface area contributed by atoms with Crippen molar-refractivity contribution in [1.82, 2.24) is 35.2 Å². The molecule has 2 unspecified atom stereocenters. The minimum Gasteiger partial charge on any atom is -0.493 e. The molecule has 8 heterocycles. The quantitative estimate of drug-likeness (QED) is 0.221. The van der Waals surface area contributed by atoms with Crippen molar-refractivity contribution in [3.63, 3.8) is 0 Å². The fraction of sp³-hybridized carbons (Fsp3) is 0.543. The number of aromatic nitrogens is 3. The van der Waals surface area contributed by atoms with Gasteiger partial charge in [-0.15, -0.1) is 0 Å². The summed E-state index contributed by atoms with van der Waals surface area (Å²) in [5, 5.41) is 10.5. The number of piperidine rings is 2. The first kappa shape index (κ1) is 38.9. The van der Waals surface area contributed by atoms with Crippen molar-refractivity contribution in [2.24, 2.45) is 17.3 Å². The molecule has 3 saturated heterocycles. The smallest absolute Gasteiger partial charge is 0.401 e. The summed E-state index contributed by atoms with van der Waals surface area (Å²) in [5.41, 5.74) is 7.40. The minimum absolute atomic E-state index is 0.168. The molecule has 1 saturated carbocycles. The highest BCUT2D eigenvalue weighted by Gasteiger charge is 2.48. The van der Waals surface area contributed by atoms with E-state index < -0.39 is 30.7 Å². The molecule has 2 aromatic heterocycles. The lowest BCUT2D eigenvalue weighted by Gasteiger charge is -2.55. The average Bonchev–Trinajstić information content (AvgIpc) is 3.85. The van der Waals surface area contributed by atoms with Crippen molar-refractivity contribution in [2.75, 3.05) is 50.8 Å². The molecular formula is C46H51F3N8O4. The zero-order valence-corrected chi connectivity index (χ0v) is 34.3. The van der Waals surface area contributed by atoms with E-state index >= 15 is 0 Å². The Morgan fingerprint density at radius 3 is 2.54 bits per heavy atom. The number of anilines is 1. The Hall–Kier alpha value is -5.02. The number of halogens is 3. The predicted octanol–water partition coefficient (Wildman–Crippen LogP) is 6.11. The third kappa shape index (κ3) is 6.77. The monoisotopic (exact) mass is 836 g/mol. The van der Waals surface area contributed by atoms with Crippen molar-refractivity contribution >= 4 is 34.3 Å². The molecule has 0 bridgehead atoms. The van der Waals surface area contributed by atoms with Crippen LogP contribution in [0.2, 0.25) is 0 Å². The summed E-state index contributed by atoms with van der Waals surface area (Å²) in [5.74, 6) is 1.38. The molecule has 0 radical (unpaired) electrons. The molecule has 5 atom stereocenters. The maximum absolute atomic E-state index is 13.9. The lowest BCUT2D eigenvalue weighted by atomic mass is 9.65. The number of alkyl halides is 3. The van der Waals surface area contributed by atoms with Crippen molar-refractivity contribution in [3.05, 3.63) is 82.3 Å². The molecule has 320 valence electrons. The van der Waals surface area contributed by atoms with Gasteiger partial charge in [-0.3, -0.25) is 34.7 Å². The summed E-state index contributed by atoms with van der Waals surface area (Å²) in [6.07, 6.45) is 6.23. The van der Waals surface area contributed by atoms with Gasteiger partial charge in [-0.25, -0.2) is 0 Å². The topological polar surface area (TPSA) is 127 Å². The maximum Gasteiger partial charge on any atom is 0.401 e. The number of hydrogen-bond acceptors (Lipinski definition) is 9. The molecule has 1 spiro atoms. The van der Waals surface area contributed by atoms with Gasteiger partial charge in [0.15, 0.2) is 0 Å². The van der Waals surface area contributed by atoms with Crippen LogP contribution < -0.4 is 15.0 Å². The van der Waals surface area contributed by atoms with E-state index in [1.807, 2.05) is 43.5 Å². The first-order chi connectivity index (χ1) is 29.4. The molecule has 7 aliphatic rings. The lowest BCUT2D eigenvalue weighted by Crippen LogP contribution is -2.58. The number of aromatic amines is 1. The van der Waals surface area contributed by atoms with Crippen LogP contribution in [-0.2, 0) is 22.6 Å². The van der Waals surface area contributed by atoms with Gasteiger partial charge in [0, 0.05) is 66.5 Å². The molecule has 61 heavy (non-hydrogen) atoms. The number of fused-ring (bicyclic) bond motifs is 8. The van der Waals surface area contributed by atoms with E-state index in [4.69, 9.17) is 9.72 Å². The Labute approximate surface area is 352 Å². The normalized spacial score (nSPS) is 27.9. The van der Waals surface area contributed by atoms with E-state index in [1.165, 1.54) is 31.2 Å². The number of pyridine rings is 1. The molecule has 1 aliphatic carbocycles. The van der Waals surface area contributed by atoms with Gasteiger partial charge < -0.3 is 19.4 Å². The number of benzene rings is 2. The first-order valence-corrected chi connectivity index (χ1v) is 22.0. The summed E-state index contributed by atoms with van der Waals surface area (Å²) in [6.45, 7) is 6.90. The molecule has 4 fully saturated rings. The van der Waals surface area contributed by atoms with Gasteiger partial charge in [-0.05, 0) is 111 Å². The maximum atomic E-state index is 13.9. The Morgan fingerprint density at radius 1 is 0.951 bits per heavy atom. The highest BCUT2D eigenvalue weighted by molar-refractivity contribution is 6.05. The summed E-state index contributed by atoms with van der Waals surface area (Å²) >= 11 is 0. The fourth-order valence-corrected chi connectivity index (χ4v) is 12.2. The second-order valence-electron chi connectivity index (χ2n) is 19.1. The predicted molar refractivity (Wildman–Crippen MR) is 220 cm³/mol. The number of ether oxygens (including phenoxy) is 1. The summed E-state index contributed by atoms with van der Waals surface area (Å²) in [7, 11) is 0. The number of carbonyl (C=O) groups is 3. The van der Waals surface area contributed by atoms with Crippen LogP contribution in [0, 0.1) is 17.3 Å². The highest BCUT2D eigenvalue weighted by Crippen LogP contribution is 2.50. The van der Waals surface area contributed by atoms with Gasteiger partial charge in [0.1, 0.15) is 11.8 Å². The van der Waals surface area contributed by atoms with Crippen LogP contribution in [0.25, 0.3) is 10.9 Å². The van der Waals surface area contributed by atoms with Crippen LogP contribution in [-0.4, -0.2) is 112 Å². The number of likely N-dealkylation sites (tertiary alicyclic amines) is 1. The Morgan fingerprint density at radius 2 is 1.77 bits per heavy atom. The zero-order chi connectivity index (χ0) is 41.8. The zero-order valence-electron chi connectivity index (χ0n) is 34.3. The van der Waals surface area contributed by atoms with E-state index in [0.29, 0.717) is 60.4 Å². The molecule has 3 amide bonds. The molecule has 2 aromatic carbocycles. The van der Waals surface area contributed by atoms with Gasteiger partial charge in [0.25, 0.3) is 5.91 Å². The van der Waals surface area contributed by atoms with Crippen LogP contribution in [0.5, 0.6) is 5.75 Å². The number of H-pyrrole nitrogens is 1. The Kier molecular flexibility index (Phi) is 9.26. The number of nitrogens with one attached hydrogen (secondary N) is 2. The number of rotatable bonds is 6. The van der Waals surface area contributed by atoms with E-state index in [9.17, 15) is 27.6 Å². The molecule has 2 N–H and O–H groups in total. The molecule has 12 nitrogen and oxygen atoms in total. The van der Waals surface area contributed by atoms with Crippen LogP contribution in [0.4, 0.5) is 18.9 Å². The molecular weight excluding hydrogens is 786 g/mol. The fourth-order valence-electron chi connectivity index (χ4n) is 12.2. The Balaban J connectivity index is 0.694. The summed E-state index contributed by atoms with van der Waals surface area (Å²) in [6, 6.07) is 10.2. The number of carbonyl (C=O) groups excluding carboxylic acids is 3.